The molecule has 0 aromatic heterocycles. The van der Waals surface area contributed by atoms with Crippen LogP contribution in [0.15, 0.2) is 48.0 Å². The van der Waals surface area contributed by atoms with Gasteiger partial charge in [-0.2, -0.15) is 0 Å². The van der Waals surface area contributed by atoms with Gasteiger partial charge in [-0.25, -0.2) is 0 Å². The van der Waals surface area contributed by atoms with Crippen molar-refractivity contribution in [1.29, 1.82) is 0 Å². The minimum absolute atomic E-state index is 0.0575. The number of halogens is 1. The van der Waals surface area contributed by atoms with E-state index in [1.165, 1.54) is 13.2 Å². The molecular formula is C34H45IN2O8. The van der Waals surface area contributed by atoms with Crippen molar-refractivity contribution in [1.82, 2.24) is 10.2 Å². The molecule has 0 saturated carbocycles. The average Bonchev–Trinajstić information content (AvgIpc) is 3.05. The zero-order chi connectivity index (χ0) is 32.8. The highest BCUT2D eigenvalue weighted by molar-refractivity contribution is 14.1. The number of ether oxygens (including phenoxy) is 3. The first kappa shape index (κ1) is 36.3. The number of aliphatic hydroxyl groups is 2. The zero-order valence-electron chi connectivity index (χ0n) is 26.3. The van der Waals surface area contributed by atoms with Gasteiger partial charge >= 0.3 is 0 Å². The number of hydrogen-bond donors (Lipinski definition) is 3. The summed E-state index contributed by atoms with van der Waals surface area (Å²) in [5, 5.41) is 23.8. The summed E-state index contributed by atoms with van der Waals surface area (Å²) in [4.78, 5) is 40.2. The van der Waals surface area contributed by atoms with Gasteiger partial charge in [0, 0.05) is 37.1 Å². The highest BCUT2D eigenvalue weighted by Gasteiger charge is 2.40. The maximum Gasteiger partial charge on any atom is 0.247 e. The summed E-state index contributed by atoms with van der Waals surface area (Å²) in [5.74, 6) is 0.795. The Bertz CT molecular complexity index is 1320. The molecular weight excluding hydrogens is 691 g/mol. The van der Waals surface area contributed by atoms with Crippen LogP contribution in [0.2, 0.25) is 0 Å². The molecule has 0 unspecified atom stereocenters. The molecule has 0 bridgehead atoms. The molecule has 2 aromatic carbocycles. The fourth-order valence-electron chi connectivity index (χ4n) is 5.49. The van der Waals surface area contributed by atoms with Gasteiger partial charge in [-0.05, 0) is 65.3 Å². The first-order valence-corrected chi connectivity index (χ1v) is 16.5. The molecule has 3 N–H and O–H groups in total. The highest BCUT2D eigenvalue weighted by atomic mass is 127. The van der Waals surface area contributed by atoms with Crippen molar-refractivity contribution in [2.24, 2.45) is 0 Å². The Hall–Kier alpha value is -3.16. The quantitative estimate of drug-likeness (QED) is 0.116. The van der Waals surface area contributed by atoms with Crippen molar-refractivity contribution < 1.29 is 38.8 Å². The highest BCUT2D eigenvalue weighted by Crippen LogP contribution is 2.37. The Balaban J connectivity index is 1.98. The van der Waals surface area contributed by atoms with Gasteiger partial charge in [-0.1, -0.05) is 50.8 Å². The Morgan fingerprint density at radius 3 is 2.51 bits per heavy atom. The molecule has 1 aliphatic carbocycles. The Kier molecular flexibility index (Phi) is 15.1. The van der Waals surface area contributed by atoms with Gasteiger partial charge in [0.1, 0.15) is 24.2 Å². The lowest BCUT2D eigenvalue weighted by Crippen LogP contribution is -2.55. The molecule has 2 amide bonds. The Morgan fingerprint density at radius 1 is 1.09 bits per heavy atom. The SMILES string of the molecule is CCCCCCCC(=O)N(CCc1ccccc1OC)[C@@H]1CC(C(=O)NCCO)=C[C@H](Oc2c(I)cc(C=O)cc2OC)[C@H]1O. The van der Waals surface area contributed by atoms with Crippen molar-refractivity contribution in [3.05, 3.63) is 62.7 Å². The summed E-state index contributed by atoms with van der Waals surface area (Å²) in [5.41, 5.74) is 1.66. The van der Waals surface area contributed by atoms with Crippen LogP contribution in [0.1, 0.15) is 67.8 Å². The van der Waals surface area contributed by atoms with Crippen LogP contribution in [0.4, 0.5) is 0 Å². The van der Waals surface area contributed by atoms with Crippen molar-refractivity contribution >= 4 is 40.7 Å². The van der Waals surface area contributed by atoms with Gasteiger partial charge in [-0.3, -0.25) is 14.4 Å². The van der Waals surface area contributed by atoms with E-state index in [0.29, 0.717) is 57.6 Å². The van der Waals surface area contributed by atoms with Gasteiger partial charge in [0.15, 0.2) is 11.5 Å². The van der Waals surface area contributed by atoms with Crippen molar-refractivity contribution in [3.8, 4) is 17.2 Å². The molecule has 0 saturated heterocycles. The molecule has 0 radical (unpaired) electrons. The molecule has 0 fully saturated rings. The summed E-state index contributed by atoms with van der Waals surface area (Å²) in [6.07, 6.45) is 5.88. The Labute approximate surface area is 279 Å². The van der Waals surface area contributed by atoms with Crippen LogP contribution < -0.4 is 19.5 Å². The summed E-state index contributed by atoms with van der Waals surface area (Å²) in [6, 6.07) is 10.0. The number of unbranched alkanes of at least 4 members (excludes halogenated alkanes) is 4. The van der Waals surface area contributed by atoms with Crippen molar-refractivity contribution in [3.63, 3.8) is 0 Å². The van der Waals surface area contributed by atoms with E-state index in [1.54, 1.807) is 24.2 Å². The van der Waals surface area contributed by atoms with Gasteiger partial charge in [0.2, 0.25) is 11.8 Å². The van der Waals surface area contributed by atoms with E-state index >= 15 is 0 Å². The predicted octanol–water partition coefficient (Wildman–Crippen LogP) is 4.47. The van der Waals surface area contributed by atoms with Crippen LogP contribution in [0.25, 0.3) is 0 Å². The lowest BCUT2D eigenvalue weighted by atomic mass is 9.87. The molecule has 45 heavy (non-hydrogen) atoms. The largest absolute Gasteiger partial charge is 0.496 e. The maximum absolute atomic E-state index is 13.9. The number of hydrogen-bond acceptors (Lipinski definition) is 8. The second-order valence-electron chi connectivity index (χ2n) is 11.0. The summed E-state index contributed by atoms with van der Waals surface area (Å²) >= 11 is 2.03. The molecule has 0 aliphatic heterocycles. The number of carbonyl (C=O) groups is 3. The summed E-state index contributed by atoms with van der Waals surface area (Å²) < 4.78 is 17.9. The number of amides is 2. The van der Waals surface area contributed by atoms with Crippen LogP contribution in [0.3, 0.4) is 0 Å². The van der Waals surface area contributed by atoms with E-state index in [9.17, 15) is 24.6 Å². The number of nitrogens with one attached hydrogen (secondary N) is 1. The molecule has 2 aromatic rings. The third kappa shape index (κ3) is 10.2. The monoisotopic (exact) mass is 736 g/mol. The molecule has 1 aliphatic rings. The number of rotatable bonds is 18. The number of nitrogens with zero attached hydrogens (tertiary/aromatic N) is 1. The van der Waals surface area contributed by atoms with Gasteiger partial charge in [-0.15, -0.1) is 0 Å². The maximum atomic E-state index is 13.9. The number of carbonyl (C=O) groups excluding carboxylic acids is 3. The Morgan fingerprint density at radius 2 is 1.82 bits per heavy atom. The van der Waals surface area contributed by atoms with E-state index in [-0.39, 0.29) is 25.5 Å². The summed E-state index contributed by atoms with van der Waals surface area (Å²) in [7, 11) is 3.06. The third-order valence-electron chi connectivity index (χ3n) is 7.89. The van der Waals surface area contributed by atoms with Gasteiger partial charge in [0.25, 0.3) is 0 Å². The molecule has 246 valence electrons. The minimum Gasteiger partial charge on any atom is -0.496 e. The fourth-order valence-corrected chi connectivity index (χ4v) is 6.24. The second-order valence-corrected chi connectivity index (χ2v) is 12.1. The predicted molar refractivity (Wildman–Crippen MR) is 180 cm³/mol. The molecule has 11 heteroatoms. The van der Waals surface area contributed by atoms with E-state index in [2.05, 4.69) is 12.2 Å². The third-order valence-corrected chi connectivity index (χ3v) is 8.69. The lowest BCUT2D eigenvalue weighted by molar-refractivity contribution is -0.138. The van der Waals surface area contributed by atoms with E-state index < -0.39 is 24.2 Å². The fraction of sp³-hybridized carbons (Fsp3) is 0.500. The number of methoxy groups -OCH3 is 2. The van der Waals surface area contributed by atoms with Crippen molar-refractivity contribution in [2.45, 2.75) is 76.5 Å². The molecule has 10 nitrogen and oxygen atoms in total. The molecule has 3 rings (SSSR count). The smallest absolute Gasteiger partial charge is 0.247 e. The van der Waals surface area contributed by atoms with Gasteiger partial charge in [0.05, 0.1) is 30.4 Å². The minimum atomic E-state index is -1.19. The van der Waals surface area contributed by atoms with E-state index in [4.69, 9.17) is 14.2 Å². The number of benzene rings is 2. The average molecular weight is 737 g/mol. The standard InChI is InChI=1S/C34H45IN2O8/c1-4-5-6-7-8-13-31(40)37(16-14-24-11-9-10-12-28(24)43-2)27-20-25(34(42)36-15-17-38)21-29(32(27)41)45-33-26(35)18-23(22-39)19-30(33)44-3/h9-12,18-19,21-22,27,29,32,38,41H,4-8,13-17,20H2,1-3H3,(H,36,42)/t27-,29+,32+/m1/s1. The molecule has 0 spiro atoms. The number of aldehydes is 1. The normalized spacial score (nSPS) is 17.6. The van der Waals surface area contributed by atoms with E-state index in [1.807, 2.05) is 46.9 Å². The summed E-state index contributed by atoms with van der Waals surface area (Å²) in [6.45, 7) is 2.26. The molecule has 0 heterocycles. The topological polar surface area (TPSA) is 135 Å². The number of para-hydroxylation sites is 1. The van der Waals surface area contributed by atoms with Crippen LogP contribution >= 0.6 is 22.6 Å². The van der Waals surface area contributed by atoms with Crippen LogP contribution in [0, 0.1) is 3.57 Å². The van der Waals surface area contributed by atoms with E-state index in [0.717, 1.165) is 37.7 Å². The van der Waals surface area contributed by atoms with Crippen LogP contribution in [-0.4, -0.2) is 85.4 Å². The van der Waals surface area contributed by atoms with Crippen LogP contribution in [-0.2, 0) is 16.0 Å². The van der Waals surface area contributed by atoms with Crippen LogP contribution in [0.5, 0.6) is 17.2 Å². The second kappa shape index (κ2) is 18.7. The molecule has 3 atom stereocenters. The lowest BCUT2D eigenvalue weighted by Gasteiger charge is -2.41. The number of aliphatic hydroxyl groups excluding tert-OH is 2. The first-order valence-electron chi connectivity index (χ1n) is 15.5. The van der Waals surface area contributed by atoms with Crippen molar-refractivity contribution in [2.75, 3.05) is 33.9 Å². The van der Waals surface area contributed by atoms with Gasteiger partial charge < -0.3 is 34.6 Å². The zero-order valence-corrected chi connectivity index (χ0v) is 28.5. The first-order chi connectivity index (χ1) is 21.8.